The molecule has 0 aliphatic rings. The summed E-state index contributed by atoms with van der Waals surface area (Å²) < 4.78 is 30.1. The number of hydrogen-bond donors (Lipinski definition) is 1. The van der Waals surface area contributed by atoms with Gasteiger partial charge in [-0.05, 0) is 26.0 Å². The van der Waals surface area contributed by atoms with Crippen molar-refractivity contribution < 1.29 is 13.0 Å². The van der Waals surface area contributed by atoms with Crippen molar-refractivity contribution in [3.8, 4) is 0 Å². The summed E-state index contributed by atoms with van der Waals surface area (Å²) in [4.78, 5) is 0. The highest BCUT2D eigenvalue weighted by atomic mass is 32.2. The van der Waals surface area contributed by atoms with Crippen LogP contribution >= 0.6 is 0 Å². The molecule has 0 amide bonds. The Bertz CT molecular complexity index is 399. The lowest BCUT2D eigenvalue weighted by molar-refractivity contribution is 0.469. The average Bonchev–Trinajstić information content (AvgIpc) is 2.07. The molecule has 1 aromatic rings. The molecule has 78 valence electrons. The molecule has 1 aromatic heterocycles. The molecule has 0 aliphatic carbocycles. The minimum Gasteiger partial charge on any atom is -0.285 e. The van der Waals surface area contributed by atoms with Gasteiger partial charge in [0.05, 0.1) is 16.6 Å². The molecule has 1 heterocycles. The van der Waals surface area contributed by atoms with Gasteiger partial charge in [0.1, 0.15) is 0 Å². The fourth-order valence-corrected chi connectivity index (χ4v) is 1.32. The van der Waals surface area contributed by atoms with Crippen LogP contribution in [-0.4, -0.2) is 28.4 Å². The molecule has 5 nitrogen and oxygen atoms in total. The minimum atomic E-state index is -3.98. The molecule has 1 atom stereocenters. The van der Waals surface area contributed by atoms with Crippen molar-refractivity contribution in [3.63, 3.8) is 0 Å². The lowest BCUT2D eigenvalue weighted by Crippen LogP contribution is -2.19. The summed E-state index contributed by atoms with van der Waals surface area (Å²) in [6.45, 7) is 3.22. The molecule has 0 fully saturated rings. The number of rotatable bonds is 3. The Kier molecular flexibility index (Phi) is 3.17. The van der Waals surface area contributed by atoms with Gasteiger partial charge in [0.2, 0.25) is 0 Å². The zero-order chi connectivity index (χ0) is 10.8. The summed E-state index contributed by atoms with van der Waals surface area (Å²) in [6, 6.07) is 3.45. The summed E-state index contributed by atoms with van der Waals surface area (Å²) >= 11 is 0. The second kappa shape index (κ2) is 4.02. The molecule has 0 saturated carbocycles. The third-order valence-corrected chi connectivity index (χ3v) is 3.04. The van der Waals surface area contributed by atoms with Gasteiger partial charge in [-0.25, -0.2) is 0 Å². The molecule has 0 aromatic carbocycles. The molecule has 1 rings (SSSR count). The van der Waals surface area contributed by atoms with Gasteiger partial charge in [-0.15, -0.1) is 0 Å². The van der Waals surface area contributed by atoms with Crippen molar-refractivity contribution in [1.29, 1.82) is 0 Å². The van der Waals surface area contributed by atoms with Gasteiger partial charge >= 0.3 is 0 Å². The van der Waals surface area contributed by atoms with E-state index in [1.807, 2.05) is 0 Å². The zero-order valence-electron chi connectivity index (χ0n) is 8.01. The van der Waals surface area contributed by atoms with Crippen LogP contribution in [-0.2, 0) is 16.5 Å². The van der Waals surface area contributed by atoms with Crippen LogP contribution in [0.1, 0.15) is 18.3 Å². The van der Waals surface area contributed by atoms with Gasteiger partial charge in [0.15, 0.2) is 0 Å². The smallest absolute Gasteiger partial charge is 0.267 e. The molecule has 6 heteroatoms. The zero-order valence-corrected chi connectivity index (χ0v) is 8.82. The Morgan fingerprint density at radius 1 is 1.43 bits per heavy atom. The molecule has 0 spiro atoms. The molecule has 0 unspecified atom stereocenters. The highest BCUT2D eigenvalue weighted by molar-refractivity contribution is 7.86. The minimum absolute atomic E-state index is 0.173. The number of nitrogens with zero attached hydrogens (tertiary/aromatic N) is 2. The van der Waals surface area contributed by atoms with E-state index < -0.39 is 15.4 Å². The lowest BCUT2D eigenvalue weighted by atomic mass is 10.2. The maximum atomic E-state index is 10.7. The molecule has 0 radical (unpaired) electrons. The first-order chi connectivity index (χ1) is 6.39. The molecule has 14 heavy (non-hydrogen) atoms. The van der Waals surface area contributed by atoms with E-state index in [1.54, 1.807) is 19.1 Å². The first-order valence-electron chi connectivity index (χ1n) is 4.15. The van der Waals surface area contributed by atoms with Crippen molar-refractivity contribution in [2.24, 2.45) is 0 Å². The second-order valence-corrected chi connectivity index (χ2v) is 5.03. The van der Waals surface area contributed by atoms with Gasteiger partial charge in [-0.3, -0.25) is 4.55 Å². The molecule has 0 saturated heterocycles. The van der Waals surface area contributed by atoms with E-state index in [-0.39, 0.29) is 6.42 Å². The van der Waals surface area contributed by atoms with Crippen molar-refractivity contribution in [2.45, 2.75) is 25.5 Å². The SMILES string of the molecule is Cc1ccc(C[C@H](C)S(=O)(=O)O)nn1. The number of aromatic nitrogens is 2. The predicted molar refractivity (Wildman–Crippen MR) is 51.5 cm³/mol. The van der Waals surface area contributed by atoms with Crippen molar-refractivity contribution in [2.75, 3.05) is 0 Å². The number of hydrogen-bond acceptors (Lipinski definition) is 4. The predicted octanol–water partition coefficient (Wildman–Crippen LogP) is 0.604. The summed E-state index contributed by atoms with van der Waals surface area (Å²) in [6.07, 6.45) is 0.173. The molecule has 0 bridgehead atoms. The van der Waals surface area contributed by atoms with E-state index in [1.165, 1.54) is 6.92 Å². The van der Waals surface area contributed by atoms with Crippen LogP contribution in [0.3, 0.4) is 0 Å². The Morgan fingerprint density at radius 3 is 2.50 bits per heavy atom. The number of aryl methyl sites for hydroxylation is 1. The Balaban J connectivity index is 2.75. The average molecular weight is 216 g/mol. The van der Waals surface area contributed by atoms with Gasteiger partial charge in [-0.1, -0.05) is 0 Å². The fourth-order valence-electron chi connectivity index (χ4n) is 0.935. The maximum Gasteiger partial charge on any atom is 0.267 e. The van der Waals surface area contributed by atoms with E-state index in [0.29, 0.717) is 5.69 Å². The van der Waals surface area contributed by atoms with Crippen LogP contribution in [0.4, 0.5) is 0 Å². The van der Waals surface area contributed by atoms with Crippen LogP contribution in [0.15, 0.2) is 12.1 Å². The van der Waals surface area contributed by atoms with Crippen molar-refractivity contribution in [1.82, 2.24) is 10.2 Å². The third-order valence-electron chi connectivity index (χ3n) is 1.86. The van der Waals surface area contributed by atoms with Crippen LogP contribution in [0.2, 0.25) is 0 Å². The maximum absolute atomic E-state index is 10.7. The quantitative estimate of drug-likeness (QED) is 0.748. The van der Waals surface area contributed by atoms with Gasteiger partial charge in [0.25, 0.3) is 10.1 Å². The van der Waals surface area contributed by atoms with E-state index >= 15 is 0 Å². The first kappa shape index (κ1) is 11.1. The normalized spacial score (nSPS) is 13.9. The van der Waals surface area contributed by atoms with E-state index in [2.05, 4.69) is 10.2 Å². The summed E-state index contributed by atoms with van der Waals surface area (Å²) in [5.74, 6) is 0. The molecular weight excluding hydrogens is 204 g/mol. The van der Waals surface area contributed by atoms with Gasteiger partial charge in [0, 0.05) is 6.42 Å². The summed E-state index contributed by atoms with van der Waals surface area (Å²) in [7, 11) is -3.98. The summed E-state index contributed by atoms with van der Waals surface area (Å²) in [5.41, 5.74) is 1.33. The first-order valence-corrected chi connectivity index (χ1v) is 5.65. The summed E-state index contributed by atoms with van der Waals surface area (Å²) in [5, 5.41) is 6.75. The fraction of sp³-hybridized carbons (Fsp3) is 0.500. The third kappa shape index (κ3) is 3.04. The van der Waals surface area contributed by atoms with Gasteiger partial charge < -0.3 is 0 Å². The van der Waals surface area contributed by atoms with E-state index in [0.717, 1.165) is 5.69 Å². The monoisotopic (exact) mass is 216 g/mol. The Hall–Kier alpha value is -1.01. The van der Waals surface area contributed by atoms with Gasteiger partial charge in [-0.2, -0.15) is 18.6 Å². The van der Waals surface area contributed by atoms with Crippen LogP contribution in [0.25, 0.3) is 0 Å². The molecular formula is C8H12N2O3S. The molecule has 1 N–H and O–H groups in total. The topological polar surface area (TPSA) is 80.2 Å². The molecule has 0 aliphatic heterocycles. The van der Waals surface area contributed by atoms with E-state index in [9.17, 15) is 8.42 Å². The highest BCUT2D eigenvalue weighted by Crippen LogP contribution is 2.05. The van der Waals surface area contributed by atoms with Crippen molar-refractivity contribution in [3.05, 3.63) is 23.5 Å². The Morgan fingerprint density at radius 2 is 2.07 bits per heavy atom. The standard InChI is InChI=1S/C8H12N2O3S/c1-6-3-4-8(10-9-6)5-7(2)14(11,12)13/h3-4,7H,5H2,1-2H3,(H,11,12,13)/t7-/m0/s1. The lowest BCUT2D eigenvalue weighted by Gasteiger charge is -2.06. The van der Waals surface area contributed by atoms with Crippen LogP contribution < -0.4 is 0 Å². The second-order valence-electron chi connectivity index (χ2n) is 3.20. The van der Waals surface area contributed by atoms with Crippen LogP contribution in [0, 0.1) is 6.92 Å². The van der Waals surface area contributed by atoms with Crippen molar-refractivity contribution >= 4 is 10.1 Å². The highest BCUT2D eigenvalue weighted by Gasteiger charge is 2.18. The van der Waals surface area contributed by atoms with Crippen LogP contribution in [0.5, 0.6) is 0 Å². The Labute approximate surface area is 82.9 Å². The largest absolute Gasteiger partial charge is 0.285 e. The van der Waals surface area contributed by atoms with E-state index in [4.69, 9.17) is 4.55 Å².